The lowest BCUT2D eigenvalue weighted by Crippen LogP contribution is -2.31. The predicted molar refractivity (Wildman–Crippen MR) is 74.3 cm³/mol. The van der Waals surface area contributed by atoms with Gasteiger partial charge in [0.1, 0.15) is 11.5 Å². The van der Waals surface area contributed by atoms with Crippen molar-refractivity contribution in [2.45, 2.75) is 39.7 Å². The smallest absolute Gasteiger partial charge is 0.263 e. The first-order valence-corrected chi connectivity index (χ1v) is 6.68. The van der Waals surface area contributed by atoms with Crippen molar-refractivity contribution in [3.63, 3.8) is 0 Å². The maximum Gasteiger partial charge on any atom is 0.263 e. The molecule has 1 aliphatic rings. The Bertz CT molecular complexity index is 845. The molecular weight excluding hydrogens is 258 g/mol. The number of hydrogen-bond acceptors (Lipinski definition) is 4. The van der Waals surface area contributed by atoms with Crippen LogP contribution in [0.1, 0.15) is 41.5 Å². The number of pyridine rings is 1. The Labute approximate surface area is 114 Å². The molecule has 0 aliphatic carbocycles. The minimum atomic E-state index is -0.477. The van der Waals surface area contributed by atoms with Crippen LogP contribution >= 0.6 is 0 Å². The molecule has 0 saturated heterocycles. The Morgan fingerprint density at radius 2 is 2.05 bits per heavy atom. The van der Waals surface area contributed by atoms with E-state index in [-0.39, 0.29) is 22.6 Å². The van der Waals surface area contributed by atoms with Crippen LogP contribution in [-0.4, -0.2) is 20.3 Å². The maximum atomic E-state index is 12.6. The second-order valence-corrected chi connectivity index (χ2v) is 5.18. The molecule has 3 heterocycles. The van der Waals surface area contributed by atoms with Crippen molar-refractivity contribution >= 4 is 16.8 Å². The number of fused-ring (bicyclic) bond motifs is 2. The zero-order valence-electron chi connectivity index (χ0n) is 11.4. The lowest BCUT2D eigenvalue weighted by Gasteiger charge is -2.18. The zero-order valence-corrected chi connectivity index (χ0v) is 11.4. The molecule has 0 unspecified atom stereocenters. The van der Waals surface area contributed by atoms with Gasteiger partial charge in [-0.3, -0.25) is 19.0 Å². The van der Waals surface area contributed by atoms with Crippen LogP contribution in [0, 0.1) is 6.92 Å². The molecular formula is C14H15N3O3. The highest BCUT2D eigenvalue weighted by Gasteiger charge is 2.20. The number of aryl methyl sites for hydroxylation is 2. The van der Waals surface area contributed by atoms with E-state index in [0.29, 0.717) is 23.3 Å². The Balaban J connectivity index is 2.49. The minimum Gasteiger partial charge on any atom is -0.306 e. The van der Waals surface area contributed by atoms with Gasteiger partial charge in [0.2, 0.25) is 0 Å². The van der Waals surface area contributed by atoms with Crippen molar-refractivity contribution in [1.82, 2.24) is 14.5 Å². The van der Waals surface area contributed by atoms with Crippen molar-refractivity contribution < 1.29 is 4.79 Å². The van der Waals surface area contributed by atoms with Crippen molar-refractivity contribution in [3.8, 4) is 0 Å². The van der Waals surface area contributed by atoms with Crippen LogP contribution in [0.2, 0.25) is 0 Å². The molecule has 3 rings (SSSR count). The second kappa shape index (κ2) is 4.40. The number of nitrogens with one attached hydrogen (secondary N) is 1. The molecule has 1 N–H and O–H groups in total. The lowest BCUT2D eigenvalue weighted by atomic mass is 10.0. The van der Waals surface area contributed by atoms with Gasteiger partial charge in [0.05, 0.1) is 10.9 Å². The number of Topliss-reactive ketones (excluding diaryl/α,β-unsaturated/α-hetero) is 1. The Morgan fingerprint density at radius 3 is 2.75 bits per heavy atom. The highest BCUT2D eigenvalue weighted by molar-refractivity contribution is 5.99. The van der Waals surface area contributed by atoms with E-state index in [2.05, 4.69) is 9.97 Å². The van der Waals surface area contributed by atoms with Gasteiger partial charge in [0.15, 0.2) is 5.78 Å². The molecule has 1 aliphatic heterocycles. The summed E-state index contributed by atoms with van der Waals surface area (Å²) in [6, 6.07) is 0. The summed E-state index contributed by atoms with van der Waals surface area (Å²) in [6.07, 6.45) is 2.68. The molecule has 0 bridgehead atoms. The number of ketones is 1. The lowest BCUT2D eigenvalue weighted by molar-refractivity contribution is 0.101. The predicted octanol–water partition coefficient (Wildman–Crippen LogP) is 0.932. The van der Waals surface area contributed by atoms with E-state index in [4.69, 9.17) is 0 Å². The quantitative estimate of drug-likeness (QED) is 0.783. The summed E-state index contributed by atoms with van der Waals surface area (Å²) >= 11 is 0. The maximum absolute atomic E-state index is 12.6. The van der Waals surface area contributed by atoms with Gasteiger partial charge < -0.3 is 4.98 Å². The summed E-state index contributed by atoms with van der Waals surface area (Å²) in [5.74, 6) is 0.368. The zero-order chi connectivity index (χ0) is 14.4. The Kier molecular flexibility index (Phi) is 2.81. The van der Waals surface area contributed by atoms with Crippen molar-refractivity contribution in [1.29, 1.82) is 0 Å². The van der Waals surface area contributed by atoms with Crippen LogP contribution in [0.25, 0.3) is 11.0 Å². The number of aromatic amines is 1. The van der Waals surface area contributed by atoms with Gasteiger partial charge in [0, 0.05) is 13.0 Å². The van der Waals surface area contributed by atoms with Crippen LogP contribution in [0.4, 0.5) is 0 Å². The van der Waals surface area contributed by atoms with Crippen LogP contribution in [0.3, 0.4) is 0 Å². The number of hydrogen-bond donors (Lipinski definition) is 1. The van der Waals surface area contributed by atoms with Crippen LogP contribution in [0.5, 0.6) is 0 Å². The summed E-state index contributed by atoms with van der Waals surface area (Å²) in [6.45, 7) is 3.60. The van der Waals surface area contributed by atoms with Crippen molar-refractivity contribution in [2.75, 3.05) is 0 Å². The van der Waals surface area contributed by atoms with Gasteiger partial charge in [-0.1, -0.05) is 0 Å². The van der Waals surface area contributed by atoms with Gasteiger partial charge in [-0.25, -0.2) is 4.98 Å². The van der Waals surface area contributed by atoms with E-state index in [9.17, 15) is 14.4 Å². The first kappa shape index (κ1) is 12.8. The third-order valence-corrected chi connectivity index (χ3v) is 3.84. The van der Waals surface area contributed by atoms with Gasteiger partial charge in [-0.2, -0.15) is 0 Å². The number of aromatic nitrogens is 3. The van der Waals surface area contributed by atoms with E-state index in [1.807, 2.05) is 0 Å². The van der Waals surface area contributed by atoms with Gasteiger partial charge >= 0.3 is 0 Å². The molecule has 20 heavy (non-hydrogen) atoms. The third-order valence-electron chi connectivity index (χ3n) is 3.84. The number of rotatable bonds is 1. The normalized spacial score (nSPS) is 14.3. The Hall–Kier alpha value is -2.24. The molecule has 6 heteroatoms. The number of nitrogens with zero attached hydrogens (tertiary/aromatic N) is 2. The first-order chi connectivity index (χ1) is 9.50. The molecule has 0 radical (unpaired) electrons. The average molecular weight is 273 g/mol. The first-order valence-electron chi connectivity index (χ1n) is 6.68. The summed E-state index contributed by atoms with van der Waals surface area (Å²) in [4.78, 5) is 43.1. The number of H-pyrrole nitrogens is 1. The molecule has 0 atom stereocenters. The molecule has 0 spiro atoms. The van der Waals surface area contributed by atoms with Crippen molar-refractivity contribution in [3.05, 3.63) is 37.7 Å². The highest BCUT2D eigenvalue weighted by Crippen LogP contribution is 2.16. The molecule has 2 aromatic rings. The number of carbonyl (C=O) groups is 1. The summed E-state index contributed by atoms with van der Waals surface area (Å²) in [5.41, 5.74) is 0.120. The highest BCUT2D eigenvalue weighted by atomic mass is 16.1. The molecule has 0 saturated carbocycles. The fourth-order valence-corrected chi connectivity index (χ4v) is 2.89. The van der Waals surface area contributed by atoms with Crippen LogP contribution in [0.15, 0.2) is 9.59 Å². The summed E-state index contributed by atoms with van der Waals surface area (Å²) < 4.78 is 1.65. The largest absolute Gasteiger partial charge is 0.306 e. The average Bonchev–Trinajstić information content (AvgIpc) is 2.37. The topological polar surface area (TPSA) is 84.8 Å². The van der Waals surface area contributed by atoms with Crippen LogP contribution < -0.4 is 11.1 Å². The van der Waals surface area contributed by atoms with Gasteiger partial charge in [0.25, 0.3) is 11.1 Å². The summed E-state index contributed by atoms with van der Waals surface area (Å²) in [7, 11) is 0. The third kappa shape index (κ3) is 1.71. The molecule has 0 amide bonds. The van der Waals surface area contributed by atoms with Gasteiger partial charge in [-0.15, -0.1) is 0 Å². The molecule has 0 aromatic carbocycles. The van der Waals surface area contributed by atoms with Crippen molar-refractivity contribution in [2.24, 2.45) is 0 Å². The van der Waals surface area contributed by atoms with E-state index in [1.165, 1.54) is 6.92 Å². The molecule has 104 valence electrons. The molecule has 2 aromatic heterocycles. The SMILES string of the molecule is CC(=O)c1c(C)c2c(=O)n3c(nc2[nH]c1=O)CCCC3. The minimum absolute atomic E-state index is 0.0489. The Morgan fingerprint density at radius 1 is 1.30 bits per heavy atom. The molecule has 6 nitrogen and oxygen atoms in total. The van der Waals surface area contributed by atoms with E-state index < -0.39 is 5.56 Å². The number of carbonyl (C=O) groups excluding carboxylic acids is 1. The second-order valence-electron chi connectivity index (χ2n) is 5.18. The van der Waals surface area contributed by atoms with E-state index in [0.717, 1.165) is 19.3 Å². The fourth-order valence-electron chi connectivity index (χ4n) is 2.89. The van der Waals surface area contributed by atoms with Crippen LogP contribution in [-0.2, 0) is 13.0 Å². The monoisotopic (exact) mass is 273 g/mol. The fraction of sp³-hybridized carbons (Fsp3) is 0.429. The summed E-state index contributed by atoms with van der Waals surface area (Å²) in [5, 5.41) is 0.348. The van der Waals surface area contributed by atoms with E-state index in [1.54, 1.807) is 11.5 Å². The standard InChI is InChI=1S/C14H15N3O3/c1-7-10(8(2)18)13(19)16-12-11(7)14(20)17-6-4-3-5-9(17)15-12/h3-6H2,1-2H3,(H,16,19). The van der Waals surface area contributed by atoms with E-state index >= 15 is 0 Å². The molecule has 0 fully saturated rings. The van der Waals surface area contributed by atoms with Gasteiger partial charge in [-0.05, 0) is 32.3 Å².